The number of aromatic hydroxyl groups is 1. The van der Waals surface area contributed by atoms with Crippen molar-refractivity contribution in [2.75, 3.05) is 32.7 Å². The standard InChI is InChI=1S/C21H29N3O2/c1-21(2,3)22-20(26)15-24-12-10-23(11-13-24)14-18-17-7-5-4-6-16(17)8-9-19(18)25/h4-9,25H,10-15H2,1-3H3,(H,22,26). The van der Waals surface area contributed by atoms with Crippen molar-refractivity contribution in [1.29, 1.82) is 0 Å². The van der Waals surface area contributed by atoms with Crippen molar-refractivity contribution in [3.63, 3.8) is 0 Å². The monoisotopic (exact) mass is 355 g/mol. The second kappa shape index (κ2) is 7.64. The lowest BCUT2D eigenvalue weighted by molar-refractivity contribution is -0.124. The average molecular weight is 355 g/mol. The molecular formula is C21H29N3O2. The van der Waals surface area contributed by atoms with Gasteiger partial charge in [0.05, 0.1) is 6.54 Å². The third kappa shape index (κ3) is 4.74. The molecule has 0 aromatic heterocycles. The van der Waals surface area contributed by atoms with Crippen molar-refractivity contribution in [1.82, 2.24) is 15.1 Å². The second-order valence-electron chi connectivity index (χ2n) is 8.13. The van der Waals surface area contributed by atoms with Crippen LogP contribution < -0.4 is 5.32 Å². The number of carbonyl (C=O) groups excluding carboxylic acids is 1. The van der Waals surface area contributed by atoms with Gasteiger partial charge in [-0.05, 0) is 37.6 Å². The van der Waals surface area contributed by atoms with Gasteiger partial charge in [-0.15, -0.1) is 0 Å². The van der Waals surface area contributed by atoms with Gasteiger partial charge in [-0.1, -0.05) is 30.3 Å². The molecule has 5 nitrogen and oxygen atoms in total. The van der Waals surface area contributed by atoms with Gasteiger partial charge in [0.25, 0.3) is 0 Å². The van der Waals surface area contributed by atoms with Crippen molar-refractivity contribution in [3.8, 4) is 5.75 Å². The maximum Gasteiger partial charge on any atom is 0.234 e. The lowest BCUT2D eigenvalue weighted by atomic mass is 10.0. The molecule has 2 N–H and O–H groups in total. The molecule has 0 bridgehead atoms. The highest BCUT2D eigenvalue weighted by molar-refractivity contribution is 5.87. The van der Waals surface area contributed by atoms with Crippen LogP contribution in [-0.2, 0) is 11.3 Å². The Bertz CT molecular complexity index is 774. The van der Waals surface area contributed by atoms with E-state index in [-0.39, 0.29) is 11.4 Å². The second-order valence-corrected chi connectivity index (χ2v) is 8.13. The van der Waals surface area contributed by atoms with E-state index in [2.05, 4.69) is 27.2 Å². The first-order valence-electron chi connectivity index (χ1n) is 9.27. The van der Waals surface area contributed by atoms with Crippen LogP contribution in [0, 0.1) is 0 Å². The molecule has 1 fully saturated rings. The summed E-state index contributed by atoms with van der Waals surface area (Å²) in [5.41, 5.74) is 0.798. The van der Waals surface area contributed by atoms with Crippen LogP contribution in [0.15, 0.2) is 36.4 Å². The van der Waals surface area contributed by atoms with Crippen molar-refractivity contribution >= 4 is 16.7 Å². The Hall–Kier alpha value is -2.11. The fourth-order valence-electron chi connectivity index (χ4n) is 3.48. The number of hydrogen-bond donors (Lipinski definition) is 2. The SMILES string of the molecule is CC(C)(C)NC(=O)CN1CCN(Cc2c(O)ccc3ccccc23)CC1. The summed E-state index contributed by atoms with van der Waals surface area (Å²) in [4.78, 5) is 16.6. The minimum absolute atomic E-state index is 0.0812. The van der Waals surface area contributed by atoms with E-state index < -0.39 is 0 Å². The third-order valence-electron chi connectivity index (χ3n) is 4.74. The molecule has 2 aromatic rings. The summed E-state index contributed by atoms with van der Waals surface area (Å²) < 4.78 is 0. The summed E-state index contributed by atoms with van der Waals surface area (Å²) in [6.45, 7) is 10.7. The predicted octanol–water partition coefficient (Wildman–Crippen LogP) is 2.58. The molecule has 1 aliphatic rings. The molecule has 0 spiro atoms. The quantitative estimate of drug-likeness (QED) is 0.885. The first kappa shape index (κ1) is 18.7. The van der Waals surface area contributed by atoms with E-state index in [4.69, 9.17) is 0 Å². The molecule has 5 heteroatoms. The van der Waals surface area contributed by atoms with Gasteiger partial charge in [0.15, 0.2) is 0 Å². The summed E-state index contributed by atoms with van der Waals surface area (Å²) in [6.07, 6.45) is 0. The van der Waals surface area contributed by atoms with Gasteiger partial charge < -0.3 is 10.4 Å². The maximum atomic E-state index is 12.1. The van der Waals surface area contributed by atoms with Crippen LogP contribution >= 0.6 is 0 Å². The van der Waals surface area contributed by atoms with Crippen molar-refractivity contribution < 1.29 is 9.90 Å². The summed E-state index contributed by atoms with van der Waals surface area (Å²) in [5.74, 6) is 0.438. The molecule has 3 rings (SSSR count). The predicted molar refractivity (Wildman–Crippen MR) is 105 cm³/mol. The Morgan fingerprint density at radius 3 is 2.38 bits per heavy atom. The van der Waals surface area contributed by atoms with Crippen LogP contribution in [0.3, 0.4) is 0 Å². The van der Waals surface area contributed by atoms with E-state index in [0.717, 1.165) is 49.1 Å². The number of carbonyl (C=O) groups is 1. The number of rotatable bonds is 4. The maximum absolute atomic E-state index is 12.1. The van der Waals surface area contributed by atoms with Crippen molar-refractivity contribution in [3.05, 3.63) is 42.0 Å². The number of nitrogens with one attached hydrogen (secondary N) is 1. The van der Waals surface area contributed by atoms with E-state index in [0.29, 0.717) is 12.3 Å². The summed E-state index contributed by atoms with van der Waals surface area (Å²) in [5, 5.41) is 15.6. The molecular weight excluding hydrogens is 326 g/mol. The Morgan fingerprint density at radius 1 is 1.04 bits per heavy atom. The molecule has 1 heterocycles. The van der Waals surface area contributed by atoms with E-state index in [9.17, 15) is 9.90 Å². The zero-order chi connectivity index (χ0) is 18.7. The zero-order valence-corrected chi connectivity index (χ0v) is 16.0. The Morgan fingerprint density at radius 2 is 1.69 bits per heavy atom. The Kier molecular flexibility index (Phi) is 5.49. The van der Waals surface area contributed by atoms with Crippen LogP contribution in [0.25, 0.3) is 10.8 Å². The molecule has 0 radical (unpaired) electrons. The molecule has 0 aliphatic carbocycles. The normalized spacial score (nSPS) is 16.7. The Labute approximate surface area is 155 Å². The van der Waals surface area contributed by atoms with Crippen LogP contribution in [-0.4, -0.2) is 59.1 Å². The van der Waals surface area contributed by atoms with Gasteiger partial charge >= 0.3 is 0 Å². The topological polar surface area (TPSA) is 55.8 Å². The van der Waals surface area contributed by atoms with E-state index in [1.807, 2.05) is 39.0 Å². The highest BCUT2D eigenvalue weighted by Crippen LogP contribution is 2.28. The molecule has 140 valence electrons. The molecule has 0 saturated carbocycles. The average Bonchev–Trinajstić information content (AvgIpc) is 2.57. The molecule has 0 atom stereocenters. The lowest BCUT2D eigenvalue weighted by Crippen LogP contribution is -2.51. The largest absolute Gasteiger partial charge is 0.508 e. The first-order chi connectivity index (χ1) is 12.3. The number of fused-ring (bicyclic) bond motifs is 1. The minimum atomic E-state index is -0.190. The van der Waals surface area contributed by atoms with E-state index in [1.165, 1.54) is 0 Å². The summed E-state index contributed by atoms with van der Waals surface area (Å²) >= 11 is 0. The number of phenolic OH excluding ortho intramolecular Hbond substituents is 1. The smallest absolute Gasteiger partial charge is 0.234 e. The van der Waals surface area contributed by atoms with Gasteiger partial charge in [-0.3, -0.25) is 14.6 Å². The van der Waals surface area contributed by atoms with Crippen molar-refractivity contribution in [2.24, 2.45) is 0 Å². The molecule has 26 heavy (non-hydrogen) atoms. The fourth-order valence-corrected chi connectivity index (χ4v) is 3.48. The van der Waals surface area contributed by atoms with Gasteiger partial charge in [0.1, 0.15) is 5.75 Å². The molecule has 2 aromatic carbocycles. The first-order valence-corrected chi connectivity index (χ1v) is 9.27. The van der Waals surface area contributed by atoms with Gasteiger partial charge in [-0.25, -0.2) is 0 Å². The number of phenols is 1. The fraction of sp³-hybridized carbons (Fsp3) is 0.476. The molecule has 1 saturated heterocycles. The number of hydrogen-bond acceptors (Lipinski definition) is 4. The van der Waals surface area contributed by atoms with Crippen LogP contribution in [0.4, 0.5) is 0 Å². The third-order valence-corrected chi connectivity index (χ3v) is 4.74. The van der Waals surface area contributed by atoms with Crippen molar-refractivity contribution in [2.45, 2.75) is 32.9 Å². The van der Waals surface area contributed by atoms with E-state index in [1.54, 1.807) is 6.07 Å². The minimum Gasteiger partial charge on any atom is -0.508 e. The molecule has 1 aliphatic heterocycles. The highest BCUT2D eigenvalue weighted by atomic mass is 16.3. The molecule has 1 amide bonds. The number of benzene rings is 2. The summed E-state index contributed by atoms with van der Waals surface area (Å²) in [7, 11) is 0. The summed E-state index contributed by atoms with van der Waals surface area (Å²) in [6, 6.07) is 11.9. The van der Waals surface area contributed by atoms with Crippen LogP contribution in [0.1, 0.15) is 26.3 Å². The number of amides is 1. The lowest BCUT2D eigenvalue weighted by Gasteiger charge is -2.35. The Balaban J connectivity index is 1.58. The molecule has 0 unspecified atom stereocenters. The number of nitrogens with zero attached hydrogens (tertiary/aromatic N) is 2. The van der Waals surface area contributed by atoms with E-state index >= 15 is 0 Å². The van der Waals surface area contributed by atoms with Gasteiger partial charge in [0, 0.05) is 43.8 Å². The number of piperazine rings is 1. The van der Waals surface area contributed by atoms with Crippen LogP contribution in [0.5, 0.6) is 5.75 Å². The van der Waals surface area contributed by atoms with Gasteiger partial charge in [-0.2, -0.15) is 0 Å². The highest BCUT2D eigenvalue weighted by Gasteiger charge is 2.22. The van der Waals surface area contributed by atoms with Gasteiger partial charge in [0.2, 0.25) is 5.91 Å². The zero-order valence-electron chi connectivity index (χ0n) is 16.0. The van der Waals surface area contributed by atoms with Crippen LogP contribution in [0.2, 0.25) is 0 Å².